The van der Waals surface area contributed by atoms with E-state index in [0.29, 0.717) is 12.8 Å². The van der Waals surface area contributed by atoms with Gasteiger partial charge < -0.3 is 4.74 Å². The van der Waals surface area contributed by atoms with Crippen molar-refractivity contribution in [3.05, 3.63) is 0 Å². The zero-order valence-electron chi connectivity index (χ0n) is 10.1. The molecule has 1 aliphatic carbocycles. The average molecular weight is 212 g/mol. The molecule has 0 aromatic heterocycles. The van der Waals surface area contributed by atoms with Crippen molar-refractivity contribution in [1.82, 2.24) is 0 Å². The summed E-state index contributed by atoms with van der Waals surface area (Å²) in [6.45, 7) is 5.72. The molecule has 0 spiro atoms. The number of hydrogen-bond donors (Lipinski definition) is 0. The van der Waals surface area contributed by atoms with E-state index in [1.54, 1.807) is 0 Å². The Hall–Kier alpha value is -0.860. The largest absolute Gasteiger partial charge is 0.468 e. The van der Waals surface area contributed by atoms with Gasteiger partial charge in [-0.2, -0.15) is 0 Å². The van der Waals surface area contributed by atoms with Crippen LogP contribution in [0, 0.1) is 10.8 Å². The maximum atomic E-state index is 11.6. The molecule has 0 aromatic carbocycles. The van der Waals surface area contributed by atoms with Gasteiger partial charge in [-0.25, -0.2) is 0 Å². The summed E-state index contributed by atoms with van der Waals surface area (Å²) in [5.41, 5.74) is -0.652. The van der Waals surface area contributed by atoms with E-state index in [0.717, 1.165) is 12.8 Å². The average Bonchev–Trinajstić information content (AvgIpc) is 2.17. The Morgan fingerprint density at radius 3 is 1.93 bits per heavy atom. The number of ether oxygens (including phenoxy) is 1. The Morgan fingerprint density at radius 2 is 1.67 bits per heavy atom. The molecule has 0 saturated heterocycles. The first kappa shape index (κ1) is 12.2. The van der Waals surface area contributed by atoms with Gasteiger partial charge in [0.15, 0.2) is 0 Å². The SMILES string of the molecule is CCC1(CC)CC(C(C)=O)(C(=O)OC)C1. The van der Waals surface area contributed by atoms with E-state index in [2.05, 4.69) is 13.8 Å². The van der Waals surface area contributed by atoms with Crippen molar-refractivity contribution in [2.75, 3.05) is 7.11 Å². The molecule has 1 aliphatic rings. The van der Waals surface area contributed by atoms with Crippen LogP contribution in [0.1, 0.15) is 46.5 Å². The molecule has 0 amide bonds. The number of rotatable bonds is 4. The first-order valence-corrected chi connectivity index (χ1v) is 5.56. The predicted octanol–water partition coefficient (Wildman–Crippen LogP) is 2.33. The van der Waals surface area contributed by atoms with Gasteiger partial charge in [0.25, 0.3) is 0 Å². The first-order chi connectivity index (χ1) is 6.96. The summed E-state index contributed by atoms with van der Waals surface area (Å²) in [7, 11) is 1.35. The van der Waals surface area contributed by atoms with Crippen LogP contribution in [-0.2, 0) is 14.3 Å². The molecule has 1 rings (SSSR count). The fourth-order valence-corrected chi connectivity index (χ4v) is 2.71. The van der Waals surface area contributed by atoms with E-state index < -0.39 is 5.41 Å². The number of methoxy groups -OCH3 is 1. The van der Waals surface area contributed by atoms with Crippen molar-refractivity contribution in [3.8, 4) is 0 Å². The van der Waals surface area contributed by atoms with E-state index in [1.165, 1.54) is 14.0 Å². The minimum atomic E-state index is -0.833. The fourth-order valence-electron chi connectivity index (χ4n) is 2.71. The molecule has 0 atom stereocenters. The van der Waals surface area contributed by atoms with E-state index in [4.69, 9.17) is 4.74 Å². The number of Topliss-reactive ketones (excluding diaryl/α,β-unsaturated/α-hetero) is 1. The standard InChI is InChI=1S/C12H20O3/c1-5-11(6-2)7-12(8-11,9(3)13)10(14)15-4/h5-8H2,1-4H3. The van der Waals surface area contributed by atoms with E-state index in [1.807, 2.05) is 0 Å². The third-order valence-electron chi connectivity index (χ3n) is 4.10. The van der Waals surface area contributed by atoms with Gasteiger partial charge in [0.05, 0.1) is 7.11 Å². The molecule has 1 fully saturated rings. The lowest BCUT2D eigenvalue weighted by molar-refractivity contribution is -0.175. The lowest BCUT2D eigenvalue weighted by Crippen LogP contribution is -2.55. The normalized spacial score (nSPS) is 21.6. The maximum Gasteiger partial charge on any atom is 0.319 e. The quantitative estimate of drug-likeness (QED) is 0.530. The summed E-state index contributed by atoms with van der Waals surface area (Å²) in [4.78, 5) is 23.2. The maximum absolute atomic E-state index is 11.6. The van der Waals surface area contributed by atoms with Gasteiger partial charge in [-0.1, -0.05) is 26.7 Å². The van der Waals surface area contributed by atoms with Gasteiger partial charge in [0, 0.05) is 0 Å². The number of carbonyl (C=O) groups is 2. The van der Waals surface area contributed by atoms with Crippen molar-refractivity contribution >= 4 is 11.8 Å². The Labute approximate surface area is 91.2 Å². The van der Waals surface area contributed by atoms with E-state index in [-0.39, 0.29) is 17.2 Å². The molecule has 0 aromatic rings. The molecule has 0 N–H and O–H groups in total. The number of carbonyl (C=O) groups excluding carboxylic acids is 2. The Morgan fingerprint density at radius 1 is 1.20 bits per heavy atom. The smallest absolute Gasteiger partial charge is 0.319 e. The molecule has 3 heteroatoms. The molecule has 0 unspecified atom stereocenters. The van der Waals surface area contributed by atoms with Crippen molar-refractivity contribution in [2.24, 2.45) is 10.8 Å². The summed E-state index contributed by atoms with van der Waals surface area (Å²) in [6.07, 6.45) is 3.37. The van der Waals surface area contributed by atoms with E-state index in [9.17, 15) is 9.59 Å². The monoisotopic (exact) mass is 212 g/mol. The third-order valence-corrected chi connectivity index (χ3v) is 4.10. The molecule has 3 nitrogen and oxygen atoms in total. The van der Waals surface area contributed by atoms with Gasteiger partial charge >= 0.3 is 5.97 Å². The van der Waals surface area contributed by atoms with Gasteiger partial charge in [-0.3, -0.25) is 9.59 Å². The molecule has 0 radical (unpaired) electrons. The number of hydrogen-bond acceptors (Lipinski definition) is 3. The molecule has 0 bridgehead atoms. The van der Waals surface area contributed by atoms with Crippen LogP contribution in [-0.4, -0.2) is 18.9 Å². The summed E-state index contributed by atoms with van der Waals surface area (Å²) in [5.74, 6) is -0.403. The lowest BCUT2D eigenvalue weighted by atomic mass is 9.49. The minimum Gasteiger partial charge on any atom is -0.468 e. The van der Waals surface area contributed by atoms with Crippen LogP contribution < -0.4 is 0 Å². The van der Waals surface area contributed by atoms with Crippen LogP contribution in [0.5, 0.6) is 0 Å². The van der Waals surface area contributed by atoms with Gasteiger partial charge in [0.2, 0.25) is 0 Å². The van der Waals surface area contributed by atoms with Crippen molar-refractivity contribution < 1.29 is 14.3 Å². The molecular weight excluding hydrogens is 192 g/mol. The Kier molecular flexibility index (Phi) is 3.22. The minimum absolute atomic E-state index is 0.0492. The molecule has 15 heavy (non-hydrogen) atoms. The Bertz CT molecular complexity index is 269. The zero-order valence-corrected chi connectivity index (χ0v) is 10.1. The van der Waals surface area contributed by atoms with Crippen LogP contribution in [0.15, 0.2) is 0 Å². The van der Waals surface area contributed by atoms with Gasteiger partial charge in [-0.15, -0.1) is 0 Å². The van der Waals surface area contributed by atoms with Gasteiger partial charge in [0.1, 0.15) is 11.2 Å². The van der Waals surface area contributed by atoms with Crippen LogP contribution >= 0.6 is 0 Å². The number of esters is 1. The van der Waals surface area contributed by atoms with Crippen LogP contribution in [0.25, 0.3) is 0 Å². The lowest BCUT2D eigenvalue weighted by Gasteiger charge is -2.52. The highest BCUT2D eigenvalue weighted by atomic mass is 16.5. The molecule has 86 valence electrons. The third kappa shape index (κ3) is 1.68. The second-order valence-electron chi connectivity index (χ2n) is 4.69. The summed E-state index contributed by atoms with van der Waals surface area (Å²) in [5, 5.41) is 0. The Balaban J connectivity index is 2.85. The van der Waals surface area contributed by atoms with Crippen LogP contribution in [0.4, 0.5) is 0 Å². The molecule has 0 aliphatic heterocycles. The molecule has 0 heterocycles. The highest BCUT2D eigenvalue weighted by Crippen LogP contribution is 2.59. The van der Waals surface area contributed by atoms with Crippen molar-refractivity contribution in [1.29, 1.82) is 0 Å². The van der Waals surface area contributed by atoms with Crippen molar-refractivity contribution in [3.63, 3.8) is 0 Å². The van der Waals surface area contributed by atoms with Crippen LogP contribution in [0.3, 0.4) is 0 Å². The number of ketones is 1. The fraction of sp³-hybridized carbons (Fsp3) is 0.833. The van der Waals surface area contributed by atoms with Gasteiger partial charge in [-0.05, 0) is 25.2 Å². The van der Waals surface area contributed by atoms with Crippen LogP contribution in [0.2, 0.25) is 0 Å². The highest BCUT2D eigenvalue weighted by molar-refractivity contribution is 6.03. The van der Waals surface area contributed by atoms with E-state index >= 15 is 0 Å². The second kappa shape index (κ2) is 3.95. The summed E-state index contributed by atoms with van der Waals surface area (Å²) in [6, 6.07) is 0. The topological polar surface area (TPSA) is 43.4 Å². The highest BCUT2D eigenvalue weighted by Gasteiger charge is 2.60. The predicted molar refractivity (Wildman–Crippen MR) is 57.4 cm³/mol. The zero-order chi connectivity index (χ0) is 11.7. The first-order valence-electron chi connectivity index (χ1n) is 5.56. The van der Waals surface area contributed by atoms with Crippen molar-refractivity contribution in [2.45, 2.75) is 46.5 Å². The second-order valence-corrected chi connectivity index (χ2v) is 4.69. The summed E-state index contributed by atoms with van der Waals surface area (Å²) >= 11 is 0. The molecular formula is C12H20O3. The molecule has 1 saturated carbocycles. The summed E-state index contributed by atoms with van der Waals surface area (Å²) < 4.78 is 4.74.